The van der Waals surface area contributed by atoms with Crippen LogP contribution in [0.15, 0.2) is 0 Å². The maximum absolute atomic E-state index is 4.12. The smallest absolute Gasteiger partial charge is 0.205 e. The number of nitrogens with one attached hydrogen (secondary N) is 1. The Morgan fingerprint density at radius 3 is 2.73 bits per heavy atom. The summed E-state index contributed by atoms with van der Waals surface area (Å²) >= 11 is 1.68. The number of hydrogen-bond acceptors (Lipinski definition) is 4. The Kier molecular flexibility index (Phi) is 1.77. The second kappa shape index (κ2) is 2.77. The summed E-state index contributed by atoms with van der Waals surface area (Å²) in [6, 6.07) is 0. The van der Waals surface area contributed by atoms with E-state index in [9.17, 15) is 0 Å². The lowest BCUT2D eigenvalue weighted by Gasteiger charge is -2.21. The predicted molar refractivity (Wildman–Crippen MR) is 46.0 cm³/mol. The third-order valence-corrected chi connectivity index (χ3v) is 3.21. The van der Waals surface area contributed by atoms with E-state index < -0.39 is 0 Å². The van der Waals surface area contributed by atoms with Crippen LogP contribution < -0.4 is 5.32 Å². The van der Waals surface area contributed by atoms with Crippen molar-refractivity contribution in [3.8, 4) is 0 Å². The van der Waals surface area contributed by atoms with Gasteiger partial charge in [-0.1, -0.05) is 17.8 Å². The highest BCUT2D eigenvalue weighted by atomic mass is 32.1. The van der Waals surface area contributed by atoms with Crippen LogP contribution in [0.1, 0.15) is 30.2 Å². The first-order valence-corrected chi connectivity index (χ1v) is 4.73. The number of hydrogen-bond donors (Lipinski definition) is 1. The van der Waals surface area contributed by atoms with Crippen molar-refractivity contribution >= 4 is 16.5 Å². The summed E-state index contributed by atoms with van der Waals surface area (Å²) in [7, 11) is 1.88. The maximum atomic E-state index is 4.12. The van der Waals surface area contributed by atoms with Gasteiger partial charge in [0, 0.05) is 13.0 Å². The van der Waals surface area contributed by atoms with E-state index in [0.717, 1.165) is 11.0 Å². The van der Waals surface area contributed by atoms with Crippen molar-refractivity contribution in [2.45, 2.75) is 25.2 Å². The minimum Gasteiger partial charge on any atom is -0.363 e. The van der Waals surface area contributed by atoms with Gasteiger partial charge in [0.2, 0.25) is 5.13 Å². The van der Waals surface area contributed by atoms with Gasteiger partial charge < -0.3 is 5.32 Å². The molecule has 0 amide bonds. The van der Waals surface area contributed by atoms with E-state index in [4.69, 9.17) is 0 Å². The second-order valence-electron chi connectivity index (χ2n) is 2.82. The third kappa shape index (κ3) is 1.22. The topological polar surface area (TPSA) is 37.8 Å². The van der Waals surface area contributed by atoms with Crippen LogP contribution in [-0.4, -0.2) is 17.2 Å². The van der Waals surface area contributed by atoms with E-state index in [1.165, 1.54) is 24.3 Å². The van der Waals surface area contributed by atoms with Gasteiger partial charge in [-0.25, -0.2) is 0 Å². The lowest BCUT2D eigenvalue weighted by molar-refractivity contribution is 0.416. The highest BCUT2D eigenvalue weighted by Crippen LogP contribution is 2.38. The van der Waals surface area contributed by atoms with Crippen LogP contribution in [0.2, 0.25) is 0 Å². The Hall–Kier alpha value is -0.640. The largest absolute Gasteiger partial charge is 0.363 e. The zero-order valence-electron chi connectivity index (χ0n) is 6.50. The van der Waals surface area contributed by atoms with Crippen molar-refractivity contribution < 1.29 is 0 Å². The van der Waals surface area contributed by atoms with Gasteiger partial charge in [-0.2, -0.15) is 0 Å². The molecule has 1 aliphatic rings. The molecule has 2 rings (SSSR count). The number of anilines is 1. The molecule has 1 aromatic heterocycles. The summed E-state index contributed by atoms with van der Waals surface area (Å²) in [5.41, 5.74) is 0. The molecule has 1 N–H and O–H groups in total. The van der Waals surface area contributed by atoms with Gasteiger partial charge in [0.25, 0.3) is 0 Å². The molecule has 0 radical (unpaired) electrons. The van der Waals surface area contributed by atoms with Crippen LogP contribution >= 0.6 is 11.3 Å². The normalized spacial score (nSPS) is 17.9. The number of rotatable bonds is 2. The number of aromatic nitrogens is 2. The van der Waals surface area contributed by atoms with Crippen molar-refractivity contribution in [2.75, 3.05) is 12.4 Å². The molecule has 1 aliphatic carbocycles. The fourth-order valence-corrected chi connectivity index (χ4v) is 2.02. The summed E-state index contributed by atoms with van der Waals surface area (Å²) in [6.07, 6.45) is 3.97. The molecule has 1 heterocycles. The van der Waals surface area contributed by atoms with Gasteiger partial charge in [-0.15, -0.1) is 10.2 Å². The van der Waals surface area contributed by atoms with Gasteiger partial charge in [-0.3, -0.25) is 0 Å². The van der Waals surface area contributed by atoms with Crippen LogP contribution in [0.25, 0.3) is 0 Å². The molecule has 0 bridgehead atoms. The molecule has 60 valence electrons. The fraction of sp³-hybridized carbons (Fsp3) is 0.714. The molecule has 1 fully saturated rings. The predicted octanol–water partition coefficient (Wildman–Crippen LogP) is 1.85. The van der Waals surface area contributed by atoms with Crippen LogP contribution in [0, 0.1) is 0 Å². The molecule has 0 saturated heterocycles. The van der Waals surface area contributed by atoms with Gasteiger partial charge in [0.15, 0.2) is 0 Å². The van der Waals surface area contributed by atoms with Crippen LogP contribution in [0.4, 0.5) is 5.13 Å². The molecule has 0 unspecified atom stereocenters. The quantitative estimate of drug-likeness (QED) is 0.734. The lowest BCUT2D eigenvalue weighted by Crippen LogP contribution is -2.07. The van der Waals surface area contributed by atoms with Gasteiger partial charge in [0.1, 0.15) is 5.01 Å². The minimum atomic E-state index is 0.717. The first-order chi connectivity index (χ1) is 5.40. The van der Waals surface area contributed by atoms with Gasteiger partial charge >= 0.3 is 0 Å². The van der Waals surface area contributed by atoms with Crippen molar-refractivity contribution in [1.82, 2.24) is 10.2 Å². The molecular formula is C7H11N3S. The zero-order chi connectivity index (χ0) is 7.68. The van der Waals surface area contributed by atoms with Gasteiger partial charge in [-0.05, 0) is 12.8 Å². The highest BCUT2D eigenvalue weighted by Gasteiger charge is 2.22. The molecule has 4 heteroatoms. The van der Waals surface area contributed by atoms with E-state index in [-0.39, 0.29) is 0 Å². The fourth-order valence-electron chi connectivity index (χ4n) is 1.16. The summed E-state index contributed by atoms with van der Waals surface area (Å²) in [5, 5.41) is 13.3. The Morgan fingerprint density at radius 1 is 1.45 bits per heavy atom. The Balaban J connectivity index is 2.11. The lowest BCUT2D eigenvalue weighted by atomic mass is 9.86. The molecule has 11 heavy (non-hydrogen) atoms. The summed E-state index contributed by atoms with van der Waals surface area (Å²) in [4.78, 5) is 0. The maximum Gasteiger partial charge on any atom is 0.205 e. The van der Waals surface area contributed by atoms with Crippen molar-refractivity contribution in [3.63, 3.8) is 0 Å². The first-order valence-electron chi connectivity index (χ1n) is 3.91. The number of nitrogens with zero attached hydrogens (tertiary/aromatic N) is 2. The van der Waals surface area contributed by atoms with E-state index in [1.807, 2.05) is 7.05 Å². The van der Waals surface area contributed by atoms with E-state index >= 15 is 0 Å². The molecule has 0 aliphatic heterocycles. The van der Waals surface area contributed by atoms with Crippen molar-refractivity contribution in [1.29, 1.82) is 0 Å². The summed E-state index contributed by atoms with van der Waals surface area (Å²) in [5.74, 6) is 0.717. The molecule has 0 spiro atoms. The van der Waals surface area contributed by atoms with Crippen LogP contribution in [-0.2, 0) is 0 Å². The van der Waals surface area contributed by atoms with Crippen LogP contribution in [0.3, 0.4) is 0 Å². The highest BCUT2D eigenvalue weighted by molar-refractivity contribution is 7.15. The molecule has 1 saturated carbocycles. The van der Waals surface area contributed by atoms with E-state index in [0.29, 0.717) is 0 Å². The summed E-state index contributed by atoms with van der Waals surface area (Å²) < 4.78 is 0. The molecule has 0 aromatic carbocycles. The Bertz CT molecular complexity index is 242. The van der Waals surface area contributed by atoms with E-state index in [1.54, 1.807) is 11.3 Å². The van der Waals surface area contributed by atoms with Crippen LogP contribution in [0.5, 0.6) is 0 Å². The molecule has 1 aromatic rings. The van der Waals surface area contributed by atoms with Gasteiger partial charge in [0.05, 0.1) is 0 Å². The second-order valence-corrected chi connectivity index (χ2v) is 3.83. The minimum absolute atomic E-state index is 0.717. The Morgan fingerprint density at radius 2 is 2.27 bits per heavy atom. The first kappa shape index (κ1) is 7.03. The third-order valence-electron chi connectivity index (χ3n) is 2.11. The molecule has 3 nitrogen and oxygen atoms in total. The summed E-state index contributed by atoms with van der Waals surface area (Å²) in [6.45, 7) is 0. The molecule has 0 atom stereocenters. The average Bonchev–Trinajstić information content (AvgIpc) is 2.32. The average molecular weight is 169 g/mol. The zero-order valence-corrected chi connectivity index (χ0v) is 7.32. The van der Waals surface area contributed by atoms with E-state index in [2.05, 4.69) is 15.5 Å². The van der Waals surface area contributed by atoms with Crippen molar-refractivity contribution in [2.24, 2.45) is 0 Å². The molecular weight excluding hydrogens is 158 g/mol. The Labute approximate surface area is 69.8 Å². The monoisotopic (exact) mass is 169 g/mol. The SMILES string of the molecule is CNc1nnc(C2CCC2)s1. The standard InChI is InChI=1S/C7H11N3S/c1-8-7-10-9-6(11-7)5-3-2-4-5/h5H,2-4H2,1H3,(H,8,10). The van der Waals surface area contributed by atoms with Crippen molar-refractivity contribution in [3.05, 3.63) is 5.01 Å².